The lowest BCUT2D eigenvalue weighted by atomic mass is 10.1. The Morgan fingerprint density at radius 2 is 1.30 bits per heavy atom. The summed E-state index contributed by atoms with van der Waals surface area (Å²) >= 11 is 15.0. The van der Waals surface area contributed by atoms with Gasteiger partial charge in [-0.15, -0.1) is 0 Å². The Labute approximate surface area is 193 Å². The number of carbonyl (C=O) groups excluding carboxylic acids is 1. The molecule has 1 aliphatic heterocycles. The van der Waals surface area contributed by atoms with Crippen LogP contribution in [0.4, 0.5) is 0 Å². The molecule has 0 unspecified atom stereocenters. The number of amides is 1. The summed E-state index contributed by atoms with van der Waals surface area (Å²) in [6.07, 6.45) is 0. The third-order valence-corrected chi connectivity index (χ3v) is 7.01. The first kappa shape index (κ1) is 21.1. The van der Waals surface area contributed by atoms with E-state index in [1.807, 2.05) is 79.7 Å². The van der Waals surface area contributed by atoms with Crippen molar-refractivity contribution in [2.45, 2.75) is 16.7 Å². The fourth-order valence-electron chi connectivity index (χ4n) is 2.68. The van der Waals surface area contributed by atoms with E-state index in [0.717, 1.165) is 25.2 Å². The van der Waals surface area contributed by atoms with Crippen LogP contribution >= 0.6 is 46.7 Å². The minimum atomic E-state index is -0.219. The molecular weight excluding hydrogens is 455 g/mol. The molecule has 3 aromatic rings. The van der Waals surface area contributed by atoms with Gasteiger partial charge in [0.2, 0.25) is 0 Å². The second-order valence-electron chi connectivity index (χ2n) is 6.53. The minimum absolute atomic E-state index is 0.219. The third kappa shape index (κ3) is 5.10. The van der Waals surface area contributed by atoms with Crippen LogP contribution in [0.1, 0.15) is 11.1 Å². The molecule has 4 rings (SSSR count). The Hall–Kier alpha value is -2.18. The van der Waals surface area contributed by atoms with E-state index >= 15 is 0 Å². The molecule has 1 amide bonds. The van der Waals surface area contributed by atoms with Crippen molar-refractivity contribution in [1.82, 2.24) is 5.32 Å². The van der Waals surface area contributed by atoms with Crippen LogP contribution in [0, 0.1) is 6.92 Å². The summed E-state index contributed by atoms with van der Waals surface area (Å²) in [6, 6.07) is 22.9. The van der Waals surface area contributed by atoms with E-state index in [4.69, 9.17) is 23.2 Å². The molecule has 0 atom stereocenters. The van der Waals surface area contributed by atoms with E-state index in [0.29, 0.717) is 21.6 Å². The molecule has 0 aromatic heterocycles. The number of amidine groups is 1. The van der Waals surface area contributed by atoms with Gasteiger partial charge in [0.15, 0.2) is 5.70 Å². The monoisotopic (exact) mass is 470 g/mol. The molecule has 1 heterocycles. The van der Waals surface area contributed by atoms with Gasteiger partial charge in [-0.1, -0.05) is 76.6 Å². The number of aryl methyl sites for hydroxylation is 1. The summed E-state index contributed by atoms with van der Waals surface area (Å²) in [6.45, 7) is 2.02. The maximum Gasteiger partial charge on any atom is 0.277 e. The van der Waals surface area contributed by atoms with E-state index in [9.17, 15) is 4.79 Å². The molecule has 0 saturated carbocycles. The number of nitrogens with zero attached hydrogens (tertiary/aromatic N) is 1. The summed E-state index contributed by atoms with van der Waals surface area (Å²) < 4.78 is 0.777. The molecule has 0 aliphatic carbocycles. The number of halogens is 2. The van der Waals surface area contributed by atoms with E-state index in [1.54, 1.807) is 0 Å². The van der Waals surface area contributed by atoms with Crippen molar-refractivity contribution in [3.8, 4) is 0 Å². The fraction of sp³-hybridized carbons (Fsp3) is 0.0435. The number of aliphatic imine (C=N–C) groups is 1. The summed E-state index contributed by atoms with van der Waals surface area (Å²) in [5, 5.41) is 4.22. The second kappa shape index (κ2) is 9.31. The van der Waals surface area contributed by atoms with Crippen molar-refractivity contribution >= 4 is 58.5 Å². The zero-order chi connectivity index (χ0) is 21.1. The standard InChI is InChI=1S/C23H16Cl2N2OS2/c1-14-2-4-15(5-3-14)21-26-20(22(28)27-21)23(29-18-10-6-16(24)7-11-18)30-19-12-8-17(25)9-13-19/h2-13H,1H3,(H,26,27,28). The number of hydrogen-bond acceptors (Lipinski definition) is 4. The van der Waals surface area contributed by atoms with Crippen molar-refractivity contribution in [1.29, 1.82) is 0 Å². The minimum Gasteiger partial charge on any atom is -0.305 e. The number of hydrogen-bond donors (Lipinski definition) is 1. The lowest BCUT2D eigenvalue weighted by Crippen LogP contribution is -2.24. The summed E-state index contributed by atoms with van der Waals surface area (Å²) in [5.74, 6) is 0.337. The van der Waals surface area contributed by atoms with Gasteiger partial charge in [-0.25, -0.2) is 4.99 Å². The number of nitrogens with one attached hydrogen (secondary N) is 1. The predicted molar refractivity (Wildman–Crippen MR) is 128 cm³/mol. The first-order valence-electron chi connectivity index (χ1n) is 9.06. The lowest BCUT2D eigenvalue weighted by molar-refractivity contribution is -0.115. The van der Waals surface area contributed by atoms with Crippen molar-refractivity contribution < 1.29 is 4.79 Å². The lowest BCUT2D eigenvalue weighted by Gasteiger charge is -2.09. The van der Waals surface area contributed by atoms with Crippen LogP contribution < -0.4 is 5.32 Å². The maximum atomic E-state index is 12.8. The Kier molecular flexibility index (Phi) is 6.54. The Morgan fingerprint density at radius 1 is 0.800 bits per heavy atom. The SMILES string of the molecule is Cc1ccc(C2=NC(=C(Sc3ccc(Cl)cc3)Sc3ccc(Cl)cc3)C(=O)N2)cc1. The second-order valence-corrected chi connectivity index (χ2v) is 9.83. The van der Waals surface area contributed by atoms with Crippen molar-refractivity contribution in [2.75, 3.05) is 0 Å². The first-order chi connectivity index (χ1) is 14.5. The third-order valence-electron chi connectivity index (χ3n) is 4.24. The molecule has 0 saturated heterocycles. The maximum absolute atomic E-state index is 12.8. The number of benzene rings is 3. The number of rotatable bonds is 5. The highest BCUT2D eigenvalue weighted by atomic mass is 35.5. The molecule has 7 heteroatoms. The van der Waals surface area contributed by atoms with Crippen molar-refractivity contribution in [2.24, 2.45) is 4.99 Å². The zero-order valence-electron chi connectivity index (χ0n) is 15.9. The molecule has 0 spiro atoms. The molecule has 1 N–H and O–H groups in total. The molecule has 0 fully saturated rings. The van der Waals surface area contributed by atoms with Gasteiger partial charge in [0.25, 0.3) is 5.91 Å². The van der Waals surface area contributed by atoms with Crippen molar-refractivity contribution in [3.63, 3.8) is 0 Å². The molecule has 0 bridgehead atoms. The van der Waals surface area contributed by atoms with Gasteiger partial charge in [0.1, 0.15) is 5.84 Å². The average Bonchev–Trinajstić information content (AvgIpc) is 3.13. The van der Waals surface area contributed by atoms with Gasteiger partial charge in [-0.05, 0) is 55.5 Å². The first-order valence-corrected chi connectivity index (χ1v) is 11.4. The van der Waals surface area contributed by atoms with Crippen LogP contribution in [0.2, 0.25) is 10.0 Å². The molecule has 3 nitrogen and oxygen atoms in total. The van der Waals surface area contributed by atoms with Gasteiger partial charge in [-0.2, -0.15) is 0 Å². The normalized spacial score (nSPS) is 13.2. The highest BCUT2D eigenvalue weighted by Gasteiger charge is 2.26. The van der Waals surface area contributed by atoms with Crippen LogP contribution in [-0.2, 0) is 4.79 Å². The molecular formula is C23H16Cl2N2OS2. The smallest absolute Gasteiger partial charge is 0.277 e. The van der Waals surface area contributed by atoms with Crippen LogP contribution in [-0.4, -0.2) is 11.7 Å². The predicted octanol–water partition coefficient (Wildman–Crippen LogP) is 6.93. The highest BCUT2D eigenvalue weighted by molar-refractivity contribution is 8.22. The van der Waals surface area contributed by atoms with E-state index in [-0.39, 0.29) is 5.91 Å². The quantitative estimate of drug-likeness (QED) is 0.324. The number of thioether (sulfide) groups is 2. The van der Waals surface area contributed by atoms with Gasteiger partial charge in [-0.3, -0.25) is 4.79 Å². The Bertz CT molecular complexity index is 1090. The van der Waals surface area contributed by atoms with Gasteiger partial charge >= 0.3 is 0 Å². The van der Waals surface area contributed by atoms with E-state index in [2.05, 4.69) is 10.3 Å². The molecule has 30 heavy (non-hydrogen) atoms. The van der Waals surface area contributed by atoms with E-state index < -0.39 is 0 Å². The molecule has 150 valence electrons. The molecule has 0 radical (unpaired) electrons. The van der Waals surface area contributed by atoms with Crippen LogP contribution in [0.3, 0.4) is 0 Å². The van der Waals surface area contributed by atoms with Gasteiger partial charge < -0.3 is 5.32 Å². The fourth-order valence-corrected chi connectivity index (χ4v) is 5.12. The summed E-state index contributed by atoms with van der Waals surface area (Å²) in [7, 11) is 0. The van der Waals surface area contributed by atoms with Gasteiger partial charge in [0, 0.05) is 25.4 Å². The molecule has 3 aromatic carbocycles. The largest absolute Gasteiger partial charge is 0.305 e. The Morgan fingerprint density at radius 3 is 1.80 bits per heavy atom. The average molecular weight is 471 g/mol. The van der Waals surface area contributed by atoms with Crippen LogP contribution in [0.5, 0.6) is 0 Å². The molecule has 1 aliphatic rings. The number of carbonyl (C=O) groups is 1. The van der Waals surface area contributed by atoms with Crippen LogP contribution in [0.25, 0.3) is 0 Å². The van der Waals surface area contributed by atoms with E-state index in [1.165, 1.54) is 23.5 Å². The van der Waals surface area contributed by atoms with Crippen molar-refractivity contribution in [3.05, 3.63) is 104 Å². The zero-order valence-corrected chi connectivity index (χ0v) is 19.0. The highest BCUT2D eigenvalue weighted by Crippen LogP contribution is 2.42. The topological polar surface area (TPSA) is 41.5 Å². The Balaban J connectivity index is 1.73. The van der Waals surface area contributed by atoms with Crippen LogP contribution in [0.15, 0.2) is 97.5 Å². The van der Waals surface area contributed by atoms with Gasteiger partial charge in [0.05, 0.1) is 4.24 Å². The summed E-state index contributed by atoms with van der Waals surface area (Å²) in [5.41, 5.74) is 2.42. The summed E-state index contributed by atoms with van der Waals surface area (Å²) in [4.78, 5) is 19.4.